The molecule has 150 valence electrons. The predicted octanol–water partition coefficient (Wildman–Crippen LogP) is 1.63. The summed E-state index contributed by atoms with van der Waals surface area (Å²) in [6.07, 6.45) is 1.58. The van der Waals surface area contributed by atoms with Crippen LogP contribution < -0.4 is 25.3 Å². The lowest BCUT2D eigenvalue weighted by Crippen LogP contribution is -2.56. The number of nitrogens with two attached hydrogens (primary N) is 1. The summed E-state index contributed by atoms with van der Waals surface area (Å²) in [5, 5.41) is 3.00. The third-order valence-corrected chi connectivity index (χ3v) is 5.50. The van der Waals surface area contributed by atoms with Gasteiger partial charge in [0.25, 0.3) is 0 Å². The van der Waals surface area contributed by atoms with Gasteiger partial charge in [0.1, 0.15) is 28.1 Å². The molecule has 3 N–H and O–H groups in total. The highest BCUT2D eigenvalue weighted by atomic mass is 35.5. The molecule has 1 amide bonds. The Hall–Kier alpha value is -2.74. The van der Waals surface area contributed by atoms with E-state index in [0.717, 1.165) is 0 Å². The highest BCUT2D eigenvalue weighted by molar-refractivity contribution is 6.36. The molecular formula is C19H21ClN2O6. The quantitative estimate of drug-likeness (QED) is 0.711. The maximum absolute atomic E-state index is 13.3. The summed E-state index contributed by atoms with van der Waals surface area (Å²) < 4.78 is 16.4. The number of fused-ring (bicyclic) bond motifs is 1. The van der Waals surface area contributed by atoms with Gasteiger partial charge in [-0.25, -0.2) is 0 Å². The minimum absolute atomic E-state index is 0.0679. The normalized spacial score (nSPS) is 24.3. The lowest BCUT2D eigenvalue weighted by molar-refractivity contribution is -0.129. The fourth-order valence-corrected chi connectivity index (χ4v) is 3.84. The van der Waals surface area contributed by atoms with Crippen LogP contribution in [-0.4, -0.2) is 43.3 Å². The summed E-state index contributed by atoms with van der Waals surface area (Å²) in [6.45, 7) is 3.32. The fourth-order valence-electron chi connectivity index (χ4n) is 3.58. The standard InChI is InChI=1S/C19H21ClN2O6/c1-8-5-10(22-9(2)18(21)25)6-13(23)19(8)17(24)14-11(26-3)7-12(27-4)15(20)16(14)28-19/h6-9,22H,5H2,1-4H3,(H2,21,25)/t8-,9+,19+/m1/s1. The zero-order chi connectivity index (χ0) is 20.8. The van der Waals surface area contributed by atoms with Crippen LogP contribution in [0.5, 0.6) is 17.2 Å². The van der Waals surface area contributed by atoms with Crippen LogP contribution in [0.25, 0.3) is 0 Å². The van der Waals surface area contributed by atoms with E-state index in [4.69, 9.17) is 31.5 Å². The van der Waals surface area contributed by atoms with E-state index >= 15 is 0 Å². The maximum Gasteiger partial charge on any atom is 0.239 e. The third-order valence-electron chi connectivity index (χ3n) is 5.14. The first-order valence-electron chi connectivity index (χ1n) is 8.66. The van der Waals surface area contributed by atoms with Gasteiger partial charge in [0.05, 0.1) is 14.2 Å². The molecular weight excluding hydrogens is 388 g/mol. The number of nitrogens with one attached hydrogen (secondary N) is 1. The van der Waals surface area contributed by atoms with Gasteiger partial charge in [0.15, 0.2) is 5.75 Å². The van der Waals surface area contributed by atoms with Crippen LogP contribution in [0.15, 0.2) is 17.8 Å². The van der Waals surface area contributed by atoms with Gasteiger partial charge in [-0.15, -0.1) is 0 Å². The number of ether oxygens (including phenoxy) is 3. The Morgan fingerprint density at radius 3 is 2.54 bits per heavy atom. The second kappa shape index (κ2) is 7.01. The van der Waals surface area contributed by atoms with E-state index in [0.29, 0.717) is 12.1 Å². The van der Waals surface area contributed by atoms with Gasteiger partial charge in [-0.1, -0.05) is 18.5 Å². The highest BCUT2D eigenvalue weighted by Gasteiger charge is 2.60. The van der Waals surface area contributed by atoms with Crippen molar-refractivity contribution in [3.63, 3.8) is 0 Å². The molecule has 2 aliphatic rings. The molecule has 1 aliphatic heterocycles. The smallest absolute Gasteiger partial charge is 0.239 e. The zero-order valence-corrected chi connectivity index (χ0v) is 16.7. The molecule has 1 heterocycles. The van der Waals surface area contributed by atoms with Crippen LogP contribution in [0.4, 0.5) is 0 Å². The van der Waals surface area contributed by atoms with Crippen molar-refractivity contribution in [2.24, 2.45) is 11.7 Å². The van der Waals surface area contributed by atoms with Gasteiger partial charge in [-0.2, -0.15) is 0 Å². The average molecular weight is 409 g/mol. The molecule has 0 radical (unpaired) electrons. The maximum atomic E-state index is 13.3. The second-order valence-electron chi connectivity index (χ2n) is 6.87. The Morgan fingerprint density at radius 1 is 1.36 bits per heavy atom. The van der Waals surface area contributed by atoms with E-state index in [9.17, 15) is 14.4 Å². The van der Waals surface area contributed by atoms with Crippen molar-refractivity contribution >= 4 is 29.1 Å². The predicted molar refractivity (Wildman–Crippen MR) is 101 cm³/mol. The average Bonchev–Trinajstić information content (AvgIpc) is 2.96. The number of benzene rings is 1. The van der Waals surface area contributed by atoms with Gasteiger partial charge in [-0.05, 0) is 13.3 Å². The Morgan fingerprint density at radius 2 is 2.00 bits per heavy atom. The molecule has 1 aromatic carbocycles. The molecule has 3 rings (SSSR count). The van der Waals surface area contributed by atoms with Gasteiger partial charge in [0, 0.05) is 23.8 Å². The molecule has 1 aliphatic carbocycles. The van der Waals surface area contributed by atoms with Gasteiger partial charge < -0.3 is 25.3 Å². The Bertz CT molecular complexity index is 912. The van der Waals surface area contributed by atoms with E-state index < -0.39 is 35.0 Å². The summed E-state index contributed by atoms with van der Waals surface area (Å²) in [4.78, 5) is 37.6. The molecule has 0 unspecified atom stereocenters. The summed E-state index contributed by atoms with van der Waals surface area (Å²) in [5.74, 6) is -1.58. The van der Waals surface area contributed by atoms with Crippen LogP contribution in [0.1, 0.15) is 30.6 Å². The number of carbonyl (C=O) groups is 3. The van der Waals surface area contributed by atoms with Crippen molar-refractivity contribution in [3.05, 3.63) is 28.4 Å². The number of amides is 1. The van der Waals surface area contributed by atoms with Crippen molar-refractivity contribution in [3.8, 4) is 17.2 Å². The minimum Gasteiger partial charge on any atom is -0.496 e. The minimum atomic E-state index is -1.74. The number of halogens is 1. The number of ketones is 2. The summed E-state index contributed by atoms with van der Waals surface area (Å²) in [6, 6.07) is 0.827. The molecule has 0 fully saturated rings. The van der Waals surface area contributed by atoms with Gasteiger partial charge in [-0.3, -0.25) is 14.4 Å². The largest absolute Gasteiger partial charge is 0.496 e. The first-order chi connectivity index (χ1) is 13.2. The van der Waals surface area contributed by atoms with Crippen molar-refractivity contribution in [1.82, 2.24) is 5.32 Å². The monoisotopic (exact) mass is 408 g/mol. The molecule has 0 bridgehead atoms. The SMILES string of the molecule is COc1cc(OC)c2c(c1Cl)O[C@@]1(C(=O)C=C(N[C@@H](C)C(N)=O)C[C@H]1C)C2=O. The topological polar surface area (TPSA) is 117 Å². The number of hydrogen-bond donors (Lipinski definition) is 2. The van der Waals surface area contributed by atoms with E-state index in [1.165, 1.54) is 26.4 Å². The van der Waals surface area contributed by atoms with Crippen LogP contribution >= 0.6 is 11.6 Å². The van der Waals surface area contributed by atoms with Crippen LogP contribution in [0.2, 0.25) is 5.02 Å². The molecule has 9 heteroatoms. The van der Waals surface area contributed by atoms with E-state index in [1.54, 1.807) is 13.8 Å². The van der Waals surface area contributed by atoms with Crippen LogP contribution in [0.3, 0.4) is 0 Å². The molecule has 0 saturated carbocycles. The van der Waals surface area contributed by atoms with Crippen LogP contribution in [0, 0.1) is 5.92 Å². The first-order valence-corrected chi connectivity index (χ1v) is 9.04. The van der Waals surface area contributed by atoms with E-state index in [2.05, 4.69) is 5.32 Å². The Labute approximate surface area is 166 Å². The number of rotatable bonds is 5. The van der Waals surface area contributed by atoms with Crippen molar-refractivity contribution < 1.29 is 28.6 Å². The number of carbonyl (C=O) groups excluding carboxylic acids is 3. The Balaban J connectivity index is 2.05. The van der Waals surface area contributed by atoms with Crippen molar-refractivity contribution in [1.29, 1.82) is 0 Å². The molecule has 1 spiro atoms. The summed E-state index contributed by atoms with van der Waals surface area (Å²) in [5.41, 5.74) is 4.14. The van der Waals surface area contributed by atoms with Crippen LogP contribution in [-0.2, 0) is 9.59 Å². The van der Waals surface area contributed by atoms with Gasteiger partial charge >= 0.3 is 0 Å². The molecule has 3 atom stereocenters. The van der Waals surface area contributed by atoms with Gasteiger partial charge in [0.2, 0.25) is 23.1 Å². The zero-order valence-electron chi connectivity index (χ0n) is 15.9. The first kappa shape index (κ1) is 20.0. The second-order valence-corrected chi connectivity index (χ2v) is 7.25. The van der Waals surface area contributed by atoms with E-state index in [-0.39, 0.29) is 27.8 Å². The molecule has 8 nitrogen and oxygen atoms in total. The molecule has 0 saturated heterocycles. The number of hydrogen-bond acceptors (Lipinski definition) is 7. The molecule has 28 heavy (non-hydrogen) atoms. The molecule has 1 aromatic rings. The van der Waals surface area contributed by atoms with E-state index in [1.807, 2.05) is 0 Å². The number of methoxy groups -OCH3 is 2. The fraction of sp³-hybridized carbons (Fsp3) is 0.421. The number of allylic oxidation sites excluding steroid dienone is 1. The van der Waals surface area contributed by atoms with Crippen molar-refractivity contribution in [2.75, 3.05) is 14.2 Å². The lowest BCUT2D eigenvalue weighted by atomic mass is 9.74. The molecule has 0 aromatic heterocycles. The highest BCUT2D eigenvalue weighted by Crippen LogP contribution is 2.52. The Kier molecular flexibility index (Phi) is 5.01. The summed E-state index contributed by atoms with van der Waals surface area (Å²) in [7, 11) is 2.83. The third kappa shape index (κ3) is 2.79. The van der Waals surface area contributed by atoms with Crippen molar-refractivity contribution in [2.45, 2.75) is 31.9 Å². The summed E-state index contributed by atoms with van der Waals surface area (Å²) >= 11 is 6.33. The number of primary amides is 1. The number of Topliss-reactive ketones (excluding diaryl/α,β-unsaturated/α-hetero) is 1. The lowest BCUT2D eigenvalue weighted by Gasteiger charge is -2.35.